The minimum atomic E-state index is 0.0223. The number of nitrogens with zero attached hydrogens (tertiary/aromatic N) is 5. The normalized spacial score (nSPS) is 10.3. The van der Waals surface area contributed by atoms with Gasteiger partial charge in [-0.25, -0.2) is 0 Å². The molecule has 26 heavy (non-hydrogen) atoms. The molecule has 0 unspecified atom stereocenters. The molecule has 3 rings (SSSR count). The number of aromatic nitrogens is 3. The Kier molecular flexibility index (Phi) is 5.40. The Bertz CT molecular complexity index is 909. The highest BCUT2D eigenvalue weighted by molar-refractivity contribution is 5.92. The molecule has 2 aromatic carbocycles. The summed E-state index contributed by atoms with van der Waals surface area (Å²) >= 11 is 0. The predicted molar refractivity (Wildman–Crippen MR) is 99.2 cm³/mol. The number of rotatable bonds is 6. The Balaban J connectivity index is 1.60. The molecule has 0 spiro atoms. The molecule has 1 aromatic heterocycles. The maximum Gasteiger partial charge on any atom is 0.228 e. The van der Waals surface area contributed by atoms with Crippen LogP contribution in [0.25, 0.3) is 11.3 Å². The van der Waals surface area contributed by atoms with Gasteiger partial charge in [0.15, 0.2) is 0 Å². The number of hydrogen-bond donors (Lipinski definition) is 0. The maximum atomic E-state index is 12.3. The first-order valence-electron chi connectivity index (χ1n) is 8.35. The zero-order chi connectivity index (χ0) is 18.4. The number of amides is 1. The molecule has 0 bridgehead atoms. The topological polar surface area (TPSA) is 74.8 Å². The van der Waals surface area contributed by atoms with Crippen LogP contribution in [0.5, 0.6) is 0 Å². The van der Waals surface area contributed by atoms with Gasteiger partial charge in [0.2, 0.25) is 5.91 Å². The molecule has 1 heterocycles. The second-order valence-electron chi connectivity index (χ2n) is 5.94. The lowest BCUT2D eigenvalue weighted by Gasteiger charge is -2.16. The third-order valence-corrected chi connectivity index (χ3v) is 4.14. The van der Waals surface area contributed by atoms with E-state index in [1.165, 1.54) is 0 Å². The maximum absolute atomic E-state index is 12.3. The number of carbonyl (C=O) groups excluding carboxylic acids is 1. The van der Waals surface area contributed by atoms with Gasteiger partial charge in [-0.15, -0.1) is 5.10 Å². The van der Waals surface area contributed by atoms with Gasteiger partial charge in [-0.2, -0.15) is 5.26 Å². The summed E-state index contributed by atoms with van der Waals surface area (Å²) in [4.78, 5) is 14.0. The highest BCUT2D eigenvalue weighted by Crippen LogP contribution is 2.17. The molecule has 1 amide bonds. The van der Waals surface area contributed by atoms with Gasteiger partial charge in [0.1, 0.15) is 5.69 Å². The Morgan fingerprint density at radius 1 is 1.15 bits per heavy atom. The Hall–Kier alpha value is -3.46. The Morgan fingerprint density at radius 2 is 1.88 bits per heavy atom. The first kappa shape index (κ1) is 17.4. The number of para-hydroxylation sites is 1. The smallest absolute Gasteiger partial charge is 0.228 e. The van der Waals surface area contributed by atoms with E-state index >= 15 is 0 Å². The fourth-order valence-electron chi connectivity index (χ4n) is 2.60. The molecule has 0 atom stereocenters. The molecule has 0 N–H and O–H groups in total. The lowest BCUT2D eigenvalue weighted by Crippen LogP contribution is -2.27. The molecular weight excluding hydrogens is 326 g/mol. The largest absolute Gasteiger partial charge is 0.315 e. The number of anilines is 1. The Labute approximate surface area is 152 Å². The van der Waals surface area contributed by atoms with Crippen LogP contribution in [0, 0.1) is 11.3 Å². The van der Waals surface area contributed by atoms with E-state index in [0.717, 1.165) is 22.5 Å². The van der Waals surface area contributed by atoms with E-state index in [1.807, 2.05) is 60.8 Å². The van der Waals surface area contributed by atoms with Gasteiger partial charge in [-0.05, 0) is 17.7 Å². The number of carbonyl (C=O) groups is 1. The van der Waals surface area contributed by atoms with E-state index in [-0.39, 0.29) is 5.91 Å². The van der Waals surface area contributed by atoms with Crippen LogP contribution in [0.4, 0.5) is 5.69 Å². The monoisotopic (exact) mass is 345 g/mol. The van der Waals surface area contributed by atoms with Crippen LogP contribution >= 0.6 is 0 Å². The zero-order valence-electron chi connectivity index (χ0n) is 14.5. The van der Waals surface area contributed by atoms with Gasteiger partial charge in [0, 0.05) is 24.7 Å². The van der Waals surface area contributed by atoms with Crippen LogP contribution in [0.3, 0.4) is 0 Å². The first-order chi connectivity index (χ1) is 12.7. The highest BCUT2D eigenvalue weighted by atomic mass is 16.2. The fraction of sp³-hybridized carbons (Fsp3) is 0.200. The lowest BCUT2D eigenvalue weighted by atomic mass is 10.1. The standard InChI is InChI=1S/C20H19N5O/c1-24(18-5-3-2-4-6-18)20(26)12-14-25-15-19(22-23-25)17-9-7-16(8-10-17)11-13-21/h2-10,15H,11-12,14H2,1H3. The molecule has 6 heteroatoms. The molecule has 0 radical (unpaired) electrons. The van der Waals surface area contributed by atoms with Crippen molar-refractivity contribution in [3.8, 4) is 17.3 Å². The van der Waals surface area contributed by atoms with E-state index in [1.54, 1.807) is 16.6 Å². The van der Waals surface area contributed by atoms with Gasteiger partial charge >= 0.3 is 0 Å². The minimum absolute atomic E-state index is 0.0223. The Morgan fingerprint density at radius 3 is 2.58 bits per heavy atom. The van der Waals surface area contributed by atoms with Crippen molar-refractivity contribution in [2.75, 3.05) is 11.9 Å². The summed E-state index contributed by atoms with van der Waals surface area (Å²) in [6.45, 7) is 0.468. The van der Waals surface area contributed by atoms with Crippen molar-refractivity contribution in [2.45, 2.75) is 19.4 Å². The van der Waals surface area contributed by atoms with Gasteiger partial charge in [0.05, 0.1) is 25.2 Å². The van der Waals surface area contributed by atoms with E-state index in [2.05, 4.69) is 16.4 Å². The number of benzene rings is 2. The van der Waals surface area contributed by atoms with Crippen molar-refractivity contribution < 1.29 is 4.79 Å². The minimum Gasteiger partial charge on any atom is -0.315 e. The summed E-state index contributed by atoms with van der Waals surface area (Å²) in [5, 5.41) is 17.0. The van der Waals surface area contributed by atoms with Gasteiger partial charge in [-0.3, -0.25) is 9.48 Å². The van der Waals surface area contributed by atoms with Gasteiger partial charge < -0.3 is 4.90 Å². The summed E-state index contributed by atoms with van der Waals surface area (Å²) < 4.78 is 1.68. The number of aryl methyl sites for hydroxylation is 1. The van der Waals surface area contributed by atoms with Gasteiger partial charge in [0.25, 0.3) is 0 Å². The van der Waals surface area contributed by atoms with Crippen LogP contribution in [-0.4, -0.2) is 27.9 Å². The third-order valence-electron chi connectivity index (χ3n) is 4.14. The number of nitriles is 1. The van der Waals surface area contributed by atoms with Crippen LogP contribution < -0.4 is 4.90 Å². The molecule has 6 nitrogen and oxygen atoms in total. The SMILES string of the molecule is CN(C(=O)CCn1cc(-c2ccc(CC#N)cc2)nn1)c1ccccc1. The van der Waals surface area contributed by atoms with Crippen molar-refractivity contribution in [3.63, 3.8) is 0 Å². The van der Waals surface area contributed by atoms with E-state index in [0.29, 0.717) is 19.4 Å². The zero-order valence-corrected chi connectivity index (χ0v) is 14.5. The average molecular weight is 345 g/mol. The van der Waals surface area contributed by atoms with Crippen molar-refractivity contribution >= 4 is 11.6 Å². The van der Waals surface area contributed by atoms with Crippen molar-refractivity contribution in [1.29, 1.82) is 5.26 Å². The summed E-state index contributed by atoms with van der Waals surface area (Å²) in [5.74, 6) is 0.0223. The highest BCUT2D eigenvalue weighted by Gasteiger charge is 2.11. The van der Waals surface area contributed by atoms with Crippen molar-refractivity contribution in [2.24, 2.45) is 0 Å². The van der Waals surface area contributed by atoms with Crippen molar-refractivity contribution in [1.82, 2.24) is 15.0 Å². The molecule has 0 aliphatic carbocycles. The molecule has 0 fully saturated rings. The molecule has 0 aliphatic rings. The summed E-state index contributed by atoms with van der Waals surface area (Å²) in [7, 11) is 1.77. The first-order valence-corrected chi connectivity index (χ1v) is 8.35. The summed E-state index contributed by atoms with van der Waals surface area (Å²) in [5.41, 5.74) is 3.52. The van der Waals surface area contributed by atoms with Crippen molar-refractivity contribution in [3.05, 3.63) is 66.4 Å². The lowest BCUT2D eigenvalue weighted by molar-refractivity contribution is -0.118. The third kappa shape index (κ3) is 4.14. The van der Waals surface area contributed by atoms with E-state index < -0.39 is 0 Å². The van der Waals surface area contributed by atoms with Crippen LogP contribution in [0.2, 0.25) is 0 Å². The van der Waals surface area contributed by atoms with Crippen LogP contribution in [0.1, 0.15) is 12.0 Å². The molecule has 0 aliphatic heterocycles. The molecular formula is C20H19N5O. The number of hydrogen-bond acceptors (Lipinski definition) is 4. The molecule has 0 saturated carbocycles. The quantitative estimate of drug-likeness (QED) is 0.688. The second kappa shape index (κ2) is 8.08. The average Bonchev–Trinajstić information content (AvgIpc) is 3.16. The van der Waals surface area contributed by atoms with E-state index in [9.17, 15) is 4.79 Å². The van der Waals surface area contributed by atoms with Crippen LogP contribution in [-0.2, 0) is 17.8 Å². The fourth-order valence-corrected chi connectivity index (χ4v) is 2.60. The molecule has 3 aromatic rings. The van der Waals surface area contributed by atoms with Gasteiger partial charge in [-0.1, -0.05) is 47.7 Å². The van der Waals surface area contributed by atoms with Crippen LogP contribution in [0.15, 0.2) is 60.8 Å². The summed E-state index contributed by atoms with van der Waals surface area (Å²) in [6.07, 6.45) is 2.56. The molecule has 130 valence electrons. The second-order valence-corrected chi connectivity index (χ2v) is 5.94. The molecule has 0 saturated heterocycles. The summed E-state index contributed by atoms with van der Waals surface area (Å²) in [6, 6.07) is 19.4. The van der Waals surface area contributed by atoms with E-state index in [4.69, 9.17) is 5.26 Å². The predicted octanol–water partition coefficient (Wildman–Crippen LogP) is 3.06.